The first kappa shape index (κ1) is 23.8. The zero-order valence-electron chi connectivity index (χ0n) is 17.6. The van der Waals surface area contributed by atoms with E-state index in [2.05, 4.69) is 15.9 Å². The van der Waals surface area contributed by atoms with Gasteiger partial charge in [0.15, 0.2) is 0 Å². The molecule has 3 aromatic rings. The topological polar surface area (TPSA) is 38.8 Å². The molecule has 8 heteroatoms. The van der Waals surface area contributed by atoms with Crippen LogP contribution in [0.3, 0.4) is 0 Å². The average molecular weight is 561 g/mol. The number of rotatable bonds is 7. The third-order valence-corrected chi connectivity index (χ3v) is 7.14. The Hall–Kier alpha value is -2.32. The van der Waals surface area contributed by atoms with Crippen LogP contribution in [0.25, 0.3) is 6.08 Å². The zero-order chi connectivity index (χ0) is 23.4. The van der Waals surface area contributed by atoms with Crippen LogP contribution in [0.1, 0.15) is 16.7 Å². The van der Waals surface area contributed by atoms with Gasteiger partial charge >= 0.3 is 0 Å². The molecule has 3 aromatic carbocycles. The summed E-state index contributed by atoms with van der Waals surface area (Å²) in [6, 6.07) is 21.0. The highest BCUT2D eigenvalue weighted by Gasteiger charge is 2.32. The molecule has 1 fully saturated rings. The third kappa shape index (κ3) is 5.98. The first-order valence-electron chi connectivity index (χ1n) is 9.98. The van der Waals surface area contributed by atoms with Crippen LogP contribution in [-0.4, -0.2) is 22.2 Å². The highest BCUT2D eigenvalue weighted by atomic mass is 79.9. The van der Waals surface area contributed by atoms with Crippen molar-refractivity contribution in [2.24, 2.45) is 0 Å². The van der Waals surface area contributed by atoms with Crippen LogP contribution in [0, 0.1) is 0 Å². The summed E-state index contributed by atoms with van der Waals surface area (Å²) in [5.41, 5.74) is 2.82. The fourth-order valence-electron chi connectivity index (χ4n) is 3.17. The number of ether oxygens (including phenoxy) is 2. The molecule has 0 aliphatic carbocycles. The smallest absolute Gasteiger partial charge is 0.266 e. The Balaban J connectivity index is 1.43. The van der Waals surface area contributed by atoms with E-state index in [0.29, 0.717) is 33.1 Å². The lowest BCUT2D eigenvalue weighted by Crippen LogP contribution is -2.27. The molecule has 4 rings (SSSR count). The Morgan fingerprint density at radius 1 is 1.06 bits per heavy atom. The maximum absolute atomic E-state index is 12.9. The molecular weight excluding hydrogens is 542 g/mol. The normalized spacial score (nSPS) is 14.8. The number of halogens is 2. The number of nitrogens with zero attached hydrogens (tertiary/aromatic N) is 1. The van der Waals surface area contributed by atoms with Gasteiger partial charge in [-0.2, -0.15) is 0 Å². The zero-order valence-corrected chi connectivity index (χ0v) is 21.6. The lowest BCUT2D eigenvalue weighted by atomic mass is 10.2. The van der Waals surface area contributed by atoms with Crippen molar-refractivity contribution in [2.45, 2.75) is 13.2 Å². The number of hydrogen-bond donors (Lipinski definition) is 0. The molecule has 1 saturated heterocycles. The first-order chi connectivity index (χ1) is 15.9. The molecule has 0 bridgehead atoms. The molecule has 1 aliphatic heterocycles. The van der Waals surface area contributed by atoms with Crippen molar-refractivity contribution in [1.29, 1.82) is 0 Å². The molecule has 0 radical (unpaired) electrons. The number of thioether (sulfide) groups is 1. The minimum atomic E-state index is -0.118. The van der Waals surface area contributed by atoms with Gasteiger partial charge in [0.1, 0.15) is 22.4 Å². The highest BCUT2D eigenvalue weighted by Crippen LogP contribution is 2.35. The summed E-state index contributed by atoms with van der Waals surface area (Å²) in [4.78, 5) is 15.1. The number of carbonyl (C=O) groups excluding carboxylic acids is 1. The summed E-state index contributed by atoms with van der Waals surface area (Å²) in [6.07, 6.45) is 1.80. The summed E-state index contributed by atoms with van der Waals surface area (Å²) in [7, 11) is 1.62. The number of carbonyl (C=O) groups is 1. The van der Waals surface area contributed by atoms with Crippen molar-refractivity contribution in [3.63, 3.8) is 0 Å². The van der Waals surface area contributed by atoms with E-state index in [1.807, 2.05) is 60.7 Å². The molecule has 1 amide bonds. The van der Waals surface area contributed by atoms with Gasteiger partial charge in [0.2, 0.25) is 0 Å². The number of methoxy groups -OCH3 is 1. The van der Waals surface area contributed by atoms with Crippen LogP contribution in [0.2, 0.25) is 5.02 Å². The largest absolute Gasteiger partial charge is 0.497 e. The Morgan fingerprint density at radius 3 is 2.42 bits per heavy atom. The van der Waals surface area contributed by atoms with Gasteiger partial charge in [-0.05, 0) is 59.2 Å². The predicted octanol–water partition coefficient (Wildman–Crippen LogP) is 7.09. The lowest BCUT2D eigenvalue weighted by Gasteiger charge is -2.14. The van der Waals surface area contributed by atoms with Gasteiger partial charge in [-0.1, -0.05) is 81.8 Å². The molecular formula is C25H19BrClNO3S2. The van der Waals surface area contributed by atoms with E-state index in [9.17, 15) is 4.79 Å². The minimum Gasteiger partial charge on any atom is -0.497 e. The van der Waals surface area contributed by atoms with Gasteiger partial charge in [-0.3, -0.25) is 9.69 Å². The van der Waals surface area contributed by atoms with E-state index in [0.717, 1.165) is 26.9 Å². The number of amides is 1. The first-order valence-corrected chi connectivity index (χ1v) is 12.4. The molecule has 168 valence electrons. The van der Waals surface area contributed by atoms with Crippen molar-refractivity contribution < 1.29 is 14.3 Å². The SMILES string of the molecule is COc1ccc(CN2C(=O)/C(=C/c3ccc(OCc4ccc(Br)cc4)c(Cl)c3)SC2=S)cc1. The molecule has 0 atom stereocenters. The quantitative estimate of drug-likeness (QED) is 0.228. The second kappa shape index (κ2) is 10.7. The number of benzene rings is 3. The average Bonchev–Trinajstić information content (AvgIpc) is 3.07. The molecule has 0 unspecified atom stereocenters. The van der Waals surface area contributed by atoms with Crippen LogP contribution >= 0.6 is 51.5 Å². The van der Waals surface area contributed by atoms with Gasteiger partial charge in [-0.25, -0.2) is 0 Å². The van der Waals surface area contributed by atoms with Gasteiger partial charge in [0, 0.05) is 4.47 Å². The Morgan fingerprint density at radius 2 is 1.76 bits per heavy atom. The van der Waals surface area contributed by atoms with Gasteiger partial charge in [-0.15, -0.1) is 0 Å². The second-order valence-electron chi connectivity index (χ2n) is 7.22. The Bertz CT molecular complexity index is 1210. The molecule has 0 N–H and O–H groups in total. The monoisotopic (exact) mass is 559 g/mol. The van der Waals surface area contributed by atoms with E-state index >= 15 is 0 Å². The summed E-state index contributed by atoms with van der Waals surface area (Å²) >= 11 is 16.6. The van der Waals surface area contributed by atoms with E-state index in [1.165, 1.54) is 11.8 Å². The van der Waals surface area contributed by atoms with E-state index in [-0.39, 0.29) is 5.91 Å². The van der Waals surface area contributed by atoms with Gasteiger partial charge in [0.25, 0.3) is 5.91 Å². The molecule has 1 aliphatic rings. The maximum atomic E-state index is 12.9. The maximum Gasteiger partial charge on any atom is 0.266 e. The molecule has 0 spiro atoms. The summed E-state index contributed by atoms with van der Waals surface area (Å²) < 4.78 is 12.6. The standard InChI is InChI=1S/C25H19BrClNO3S2/c1-30-20-9-4-16(5-10-20)14-28-24(29)23(33-25(28)32)13-18-6-11-22(21(27)12-18)31-15-17-2-7-19(26)8-3-17/h2-13H,14-15H2,1H3/b23-13-. The predicted molar refractivity (Wildman–Crippen MR) is 142 cm³/mol. The van der Waals surface area contributed by atoms with Gasteiger partial charge in [0.05, 0.1) is 23.6 Å². The third-order valence-electron chi connectivity index (χ3n) is 4.93. The number of thiocarbonyl (C=S) groups is 1. The molecule has 4 nitrogen and oxygen atoms in total. The Kier molecular flexibility index (Phi) is 7.75. The second-order valence-corrected chi connectivity index (χ2v) is 10.2. The van der Waals surface area contributed by atoms with Crippen molar-refractivity contribution in [2.75, 3.05) is 7.11 Å². The Labute approximate surface area is 215 Å². The molecule has 0 aromatic heterocycles. The van der Waals surface area contributed by atoms with Crippen LogP contribution < -0.4 is 9.47 Å². The number of hydrogen-bond acceptors (Lipinski definition) is 5. The lowest BCUT2D eigenvalue weighted by molar-refractivity contribution is -0.122. The summed E-state index contributed by atoms with van der Waals surface area (Å²) in [5.74, 6) is 1.24. The van der Waals surface area contributed by atoms with Gasteiger partial charge < -0.3 is 9.47 Å². The van der Waals surface area contributed by atoms with E-state index in [4.69, 9.17) is 33.3 Å². The fourth-order valence-corrected chi connectivity index (χ4v) is 4.93. The van der Waals surface area contributed by atoms with E-state index < -0.39 is 0 Å². The van der Waals surface area contributed by atoms with Crippen LogP contribution in [0.4, 0.5) is 0 Å². The minimum absolute atomic E-state index is 0.118. The highest BCUT2D eigenvalue weighted by molar-refractivity contribution is 9.10. The van der Waals surface area contributed by atoms with Crippen LogP contribution in [0.15, 0.2) is 76.1 Å². The summed E-state index contributed by atoms with van der Waals surface area (Å²) in [6.45, 7) is 0.825. The van der Waals surface area contributed by atoms with Crippen LogP contribution in [-0.2, 0) is 17.9 Å². The summed E-state index contributed by atoms with van der Waals surface area (Å²) in [5, 5.41) is 0.481. The fraction of sp³-hybridized carbons (Fsp3) is 0.120. The van der Waals surface area contributed by atoms with Crippen LogP contribution in [0.5, 0.6) is 11.5 Å². The van der Waals surface area contributed by atoms with Crippen molar-refractivity contribution >= 4 is 67.8 Å². The molecule has 1 heterocycles. The van der Waals surface area contributed by atoms with Crippen molar-refractivity contribution in [1.82, 2.24) is 4.90 Å². The van der Waals surface area contributed by atoms with Crippen molar-refractivity contribution in [3.8, 4) is 11.5 Å². The van der Waals surface area contributed by atoms with E-state index in [1.54, 1.807) is 24.2 Å². The van der Waals surface area contributed by atoms with Crippen molar-refractivity contribution in [3.05, 3.63) is 97.8 Å². The molecule has 33 heavy (non-hydrogen) atoms. The molecule has 0 saturated carbocycles.